The van der Waals surface area contributed by atoms with Crippen LogP contribution in [0.3, 0.4) is 0 Å². The lowest BCUT2D eigenvalue weighted by molar-refractivity contribution is -0.145. The first kappa shape index (κ1) is 17.0. The summed E-state index contributed by atoms with van der Waals surface area (Å²) in [5.41, 5.74) is 1.23. The minimum atomic E-state index is -0.522. The fraction of sp³-hybridized carbons (Fsp3) is 0.471. The van der Waals surface area contributed by atoms with Crippen LogP contribution in [0.15, 0.2) is 24.3 Å². The lowest BCUT2D eigenvalue weighted by Crippen LogP contribution is -2.45. The van der Waals surface area contributed by atoms with Crippen LogP contribution in [0.2, 0.25) is 0 Å². The van der Waals surface area contributed by atoms with E-state index in [9.17, 15) is 14.4 Å². The Hall–Kier alpha value is -2.37. The molecule has 1 fully saturated rings. The minimum Gasteiger partial charge on any atom is -0.464 e. The molecule has 2 unspecified atom stereocenters. The molecular formula is C17H21NO5. The van der Waals surface area contributed by atoms with E-state index in [1.807, 2.05) is 0 Å². The highest BCUT2D eigenvalue weighted by molar-refractivity contribution is 5.88. The molecule has 1 saturated heterocycles. The monoisotopic (exact) mass is 319 g/mol. The SMILES string of the molecule is CCOC(=O)C1CCC(C(=O)OCC)N1c1ccc(C=O)cc1. The third-order valence-electron chi connectivity index (χ3n) is 3.83. The molecule has 0 aromatic heterocycles. The van der Waals surface area contributed by atoms with E-state index >= 15 is 0 Å². The predicted octanol–water partition coefficient (Wildman–Crippen LogP) is 1.96. The van der Waals surface area contributed by atoms with Gasteiger partial charge < -0.3 is 14.4 Å². The zero-order chi connectivity index (χ0) is 16.8. The van der Waals surface area contributed by atoms with E-state index in [0.29, 0.717) is 24.1 Å². The van der Waals surface area contributed by atoms with E-state index in [1.165, 1.54) is 0 Å². The molecule has 0 amide bonds. The number of benzene rings is 1. The lowest BCUT2D eigenvalue weighted by Gasteiger charge is -2.30. The molecule has 6 nitrogen and oxygen atoms in total. The van der Waals surface area contributed by atoms with Gasteiger partial charge in [0, 0.05) is 11.3 Å². The summed E-state index contributed by atoms with van der Waals surface area (Å²) in [5, 5.41) is 0. The van der Waals surface area contributed by atoms with Crippen molar-refractivity contribution in [2.75, 3.05) is 18.1 Å². The molecular weight excluding hydrogens is 298 g/mol. The van der Waals surface area contributed by atoms with Crippen molar-refractivity contribution in [3.05, 3.63) is 29.8 Å². The van der Waals surface area contributed by atoms with Gasteiger partial charge in [0.25, 0.3) is 0 Å². The van der Waals surface area contributed by atoms with Gasteiger partial charge in [-0.15, -0.1) is 0 Å². The quantitative estimate of drug-likeness (QED) is 0.589. The summed E-state index contributed by atoms with van der Waals surface area (Å²) in [7, 11) is 0. The van der Waals surface area contributed by atoms with E-state index in [-0.39, 0.29) is 25.2 Å². The van der Waals surface area contributed by atoms with Gasteiger partial charge in [-0.25, -0.2) is 9.59 Å². The van der Waals surface area contributed by atoms with E-state index in [1.54, 1.807) is 43.0 Å². The molecule has 1 heterocycles. The average Bonchev–Trinajstić information content (AvgIpc) is 3.00. The molecule has 0 N–H and O–H groups in total. The number of esters is 2. The fourth-order valence-corrected chi connectivity index (χ4v) is 2.84. The summed E-state index contributed by atoms with van der Waals surface area (Å²) >= 11 is 0. The van der Waals surface area contributed by atoms with Crippen LogP contribution < -0.4 is 4.90 Å². The normalized spacial score (nSPS) is 20.2. The van der Waals surface area contributed by atoms with Crippen LogP contribution in [0.25, 0.3) is 0 Å². The molecule has 1 aromatic rings. The van der Waals surface area contributed by atoms with Crippen LogP contribution in [-0.2, 0) is 19.1 Å². The Morgan fingerprint density at radius 2 is 1.52 bits per heavy atom. The summed E-state index contributed by atoms with van der Waals surface area (Å²) in [6, 6.07) is 5.73. The van der Waals surface area contributed by atoms with Crippen LogP contribution >= 0.6 is 0 Å². The van der Waals surface area contributed by atoms with E-state index < -0.39 is 12.1 Å². The van der Waals surface area contributed by atoms with Crippen LogP contribution in [0.4, 0.5) is 5.69 Å². The number of ether oxygens (including phenoxy) is 2. The molecule has 0 bridgehead atoms. The number of carbonyl (C=O) groups excluding carboxylic acids is 3. The van der Waals surface area contributed by atoms with Crippen molar-refractivity contribution in [3.8, 4) is 0 Å². The minimum absolute atomic E-state index is 0.289. The van der Waals surface area contributed by atoms with E-state index in [4.69, 9.17) is 9.47 Å². The van der Waals surface area contributed by atoms with Gasteiger partial charge in [0.15, 0.2) is 0 Å². The zero-order valence-electron chi connectivity index (χ0n) is 13.4. The first-order valence-corrected chi connectivity index (χ1v) is 7.79. The van der Waals surface area contributed by atoms with E-state index in [2.05, 4.69) is 0 Å². The molecule has 0 spiro atoms. The van der Waals surface area contributed by atoms with Crippen molar-refractivity contribution in [1.82, 2.24) is 0 Å². The van der Waals surface area contributed by atoms with Crippen LogP contribution in [0.1, 0.15) is 37.0 Å². The van der Waals surface area contributed by atoms with Gasteiger partial charge in [-0.2, -0.15) is 0 Å². The second-order valence-corrected chi connectivity index (χ2v) is 5.23. The maximum absolute atomic E-state index is 12.2. The van der Waals surface area contributed by atoms with Crippen LogP contribution in [0, 0.1) is 0 Å². The van der Waals surface area contributed by atoms with Gasteiger partial charge >= 0.3 is 11.9 Å². The first-order valence-electron chi connectivity index (χ1n) is 7.79. The number of hydrogen-bond donors (Lipinski definition) is 0. The predicted molar refractivity (Wildman–Crippen MR) is 84.4 cm³/mol. The Balaban J connectivity index is 2.31. The highest BCUT2D eigenvalue weighted by Gasteiger charge is 2.43. The molecule has 23 heavy (non-hydrogen) atoms. The number of rotatable bonds is 6. The number of anilines is 1. The van der Waals surface area contributed by atoms with Crippen molar-refractivity contribution >= 4 is 23.9 Å². The number of hydrogen-bond acceptors (Lipinski definition) is 6. The maximum Gasteiger partial charge on any atom is 0.328 e. The third kappa shape index (κ3) is 3.70. The van der Waals surface area contributed by atoms with Gasteiger partial charge in [0.05, 0.1) is 13.2 Å². The summed E-state index contributed by atoms with van der Waals surface area (Å²) < 4.78 is 10.2. The van der Waals surface area contributed by atoms with Gasteiger partial charge in [-0.3, -0.25) is 4.79 Å². The first-order chi connectivity index (χ1) is 11.1. The molecule has 2 rings (SSSR count). The molecule has 124 valence electrons. The highest BCUT2D eigenvalue weighted by Crippen LogP contribution is 2.32. The van der Waals surface area contributed by atoms with Crippen molar-refractivity contribution in [2.24, 2.45) is 0 Å². The Kier molecular flexibility index (Phi) is 5.73. The lowest BCUT2D eigenvalue weighted by atomic mass is 10.1. The fourth-order valence-electron chi connectivity index (χ4n) is 2.84. The molecule has 1 aliphatic rings. The molecule has 1 aromatic carbocycles. The van der Waals surface area contributed by atoms with Gasteiger partial charge in [-0.05, 0) is 51.0 Å². The van der Waals surface area contributed by atoms with Gasteiger partial charge in [-0.1, -0.05) is 0 Å². The standard InChI is InChI=1S/C17H21NO5/c1-3-22-16(20)14-9-10-15(17(21)23-4-2)18(14)13-7-5-12(11-19)6-8-13/h5-8,11,14-15H,3-4,9-10H2,1-2H3. The number of aldehydes is 1. The molecule has 2 atom stereocenters. The Labute approximate surface area is 135 Å². The average molecular weight is 319 g/mol. The maximum atomic E-state index is 12.2. The Morgan fingerprint density at radius 1 is 1.04 bits per heavy atom. The molecule has 1 aliphatic heterocycles. The summed E-state index contributed by atoms with van der Waals surface area (Å²) in [5.74, 6) is -0.697. The summed E-state index contributed by atoms with van der Waals surface area (Å²) in [6.07, 6.45) is 1.80. The van der Waals surface area contributed by atoms with Crippen molar-refractivity contribution in [2.45, 2.75) is 38.8 Å². The third-order valence-corrected chi connectivity index (χ3v) is 3.83. The zero-order valence-corrected chi connectivity index (χ0v) is 13.4. The Bertz CT molecular complexity index is 543. The summed E-state index contributed by atoms with van der Waals surface area (Å²) in [6.45, 7) is 4.08. The van der Waals surface area contributed by atoms with E-state index in [0.717, 1.165) is 6.29 Å². The smallest absolute Gasteiger partial charge is 0.328 e. The van der Waals surface area contributed by atoms with Crippen LogP contribution in [-0.4, -0.2) is 43.5 Å². The Morgan fingerprint density at radius 3 is 1.91 bits per heavy atom. The van der Waals surface area contributed by atoms with Crippen molar-refractivity contribution in [3.63, 3.8) is 0 Å². The van der Waals surface area contributed by atoms with Crippen LogP contribution in [0.5, 0.6) is 0 Å². The summed E-state index contributed by atoms with van der Waals surface area (Å²) in [4.78, 5) is 36.9. The van der Waals surface area contributed by atoms with Crippen molar-refractivity contribution in [1.29, 1.82) is 0 Å². The van der Waals surface area contributed by atoms with Gasteiger partial charge in [0.1, 0.15) is 18.4 Å². The second kappa shape index (κ2) is 7.76. The number of carbonyl (C=O) groups is 3. The largest absolute Gasteiger partial charge is 0.464 e. The molecule has 0 radical (unpaired) electrons. The topological polar surface area (TPSA) is 72.9 Å². The number of nitrogens with zero attached hydrogens (tertiary/aromatic N) is 1. The van der Waals surface area contributed by atoms with Gasteiger partial charge in [0.2, 0.25) is 0 Å². The highest BCUT2D eigenvalue weighted by atomic mass is 16.5. The molecule has 0 saturated carbocycles. The second-order valence-electron chi connectivity index (χ2n) is 5.23. The molecule has 6 heteroatoms. The molecule has 0 aliphatic carbocycles. The van der Waals surface area contributed by atoms with Crippen molar-refractivity contribution < 1.29 is 23.9 Å².